The fourth-order valence-corrected chi connectivity index (χ4v) is 4.09. The van der Waals surface area contributed by atoms with Crippen molar-refractivity contribution in [2.45, 2.75) is 18.9 Å². The van der Waals surface area contributed by atoms with E-state index in [1.54, 1.807) is 0 Å². The first-order valence-corrected chi connectivity index (χ1v) is 7.94. The van der Waals surface area contributed by atoms with E-state index in [4.69, 9.17) is 0 Å². The lowest BCUT2D eigenvalue weighted by atomic mass is 9.88. The molecule has 2 heterocycles. The Morgan fingerprint density at radius 3 is 2.72 bits per heavy atom. The van der Waals surface area contributed by atoms with Crippen molar-refractivity contribution in [1.29, 1.82) is 0 Å². The number of thioether (sulfide) groups is 1. The van der Waals surface area contributed by atoms with Gasteiger partial charge in [-0.1, -0.05) is 6.92 Å². The Morgan fingerprint density at radius 2 is 2.28 bits per heavy atom. The van der Waals surface area contributed by atoms with E-state index in [1.807, 2.05) is 18.7 Å². The van der Waals surface area contributed by atoms with Gasteiger partial charge in [0.15, 0.2) is 0 Å². The second kappa shape index (κ2) is 5.80. The lowest BCUT2D eigenvalue weighted by Gasteiger charge is -2.37. The molecular formula is C13H25N3OS. The summed E-state index contributed by atoms with van der Waals surface area (Å²) in [5.41, 5.74) is 0.165. The monoisotopic (exact) mass is 271 g/mol. The molecule has 5 heteroatoms. The fourth-order valence-electron chi connectivity index (χ4n) is 2.54. The Kier molecular flexibility index (Phi) is 4.56. The zero-order chi connectivity index (χ0) is 13.2. The van der Waals surface area contributed by atoms with Crippen LogP contribution in [-0.2, 0) is 4.79 Å². The third kappa shape index (κ3) is 2.83. The van der Waals surface area contributed by atoms with Crippen LogP contribution in [0.15, 0.2) is 0 Å². The molecule has 0 spiro atoms. The van der Waals surface area contributed by atoms with Crippen LogP contribution in [0.5, 0.6) is 0 Å². The van der Waals surface area contributed by atoms with Crippen LogP contribution in [0.1, 0.15) is 13.3 Å². The van der Waals surface area contributed by atoms with Crippen LogP contribution in [0, 0.1) is 11.8 Å². The van der Waals surface area contributed by atoms with Crippen molar-refractivity contribution in [2.75, 3.05) is 45.2 Å². The molecule has 0 aromatic rings. The fraction of sp³-hybridized carbons (Fsp3) is 0.923. The SMILES string of the molecule is CC(C(=O)NCC1(N(C)C)CCSC1)C1CNC1. The van der Waals surface area contributed by atoms with Crippen molar-refractivity contribution in [3.05, 3.63) is 0 Å². The molecule has 0 aromatic heterocycles. The molecule has 2 saturated heterocycles. The maximum Gasteiger partial charge on any atom is 0.223 e. The average Bonchev–Trinajstić information content (AvgIpc) is 2.73. The lowest BCUT2D eigenvalue weighted by molar-refractivity contribution is -0.127. The average molecular weight is 271 g/mol. The van der Waals surface area contributed by atoms with Crippen LogP contribution in [0.2, 0.25) is 0 Å². The molecule has 2 unspecified atom stereocenters. The predicted molar refractivity (Wildman–Crippen MR) is 76.9 cm³/mol. The number of amides is 1. The minimum absolute atomic E-state index is 0.138. The van der Waals surface area contributed by atoms with Gasteiger partial charge in [0.05, 0.1) is 0 Å². The van der Waals surface area contributed by atoms with E-state index in [2.05, 4.69) is 29.6 Å². The summed E-state index contributed by atoms with van der Waals surface area (Å²) in [7, 11) is 4.24. The van der Waals surface area contributed by atoms with Crippen LogP contribution >= 0.6 is 11.8 Å². The van der Waals surface area contributed by atoms with Crippen LogP contribution in [0.3, 0.4) is 0 Å². The molecule has 1 amide bonds. The maximum atomic E-state index is 12.1. The highest BCUT2D eigenvalue weighted by atomic mass is 32.2. The first-order valence-electron chi connectivity index (χ1n) is 6.79. The quantitative estimate of drug-likeness (QED) is 0.759. The van der Waals surface area contributed by atoms with Gasteiger partial charge in [0.2, 0.25) is 5.91 Å². The van der Waals surface area contributed by atoms with Gasteiger partial charge in [-0.05, 0) is 45.3 Å². The second-order valence-electron chi connectivity index (χ2n) is 5.85. The molecule has 2 N–H and O–H groups in total. The molecule has 2 rings (SSSR count). The Labute approximate surface area is 114 Å². The number of carbonyl (C=O) groups excluding carboxylic acids is 1. The number of hydrogen-bond donors (Lipinski definition) is 2. The topological polar surface area (TPSA) is 44.4 Å². The molecule has 4 nitrogen and oxygen atoms in total. The normalized spacial score (nSPS) is 30.2. The molecular weight excluding hydrogens is 246 g/mol. The van der Waals surface area contributed by atoms with E-state index in [0.29, 0.717) is 5.92 Å². The van der Waals surface area contributed by atoms with Gasteiger partial charge in [0.1, 0.15) is 0 Å². The maximum absolute atomic E-state index is 12.1. The molecule has 2 fully saturated rings. The van der Waals surface area contributed by atoms with E-state index in [-0.39, 0.29) is 17.4 Å². The summed E-state index contributed by atoms with van der Waals surface area (Å²) in [5, 5.41) is 6.40. The highest BCUT2D eigenvalue weighted by Gasteiger charge is 2.37. The van der Waals surface area contributed by atoms with Crippen LogP contribution in [0.25, 0.3) is 0 Å². The lowest BCUT2D eigenvalue weighted by Crippen LogP contribution is -2.55. The van der Waals surface area contributed by atoms with Gasteiger partial charge >= 0.3 is 0 Å². The summed E-state index contributed by atoms with van der Waals surface area (Å²) in [5.74, 6) is 3.22. The van der Waals surface area contributed by atoms with Crippen LogP contribution < -0.4 is 10.6 Å². The standard InChI is InChI=1S/C13H25N3OS/c1-10(11-6-14-7-11)12(17)15-8-13(16(2)3)4-5-18-9-13/h10-11,14H,4-9H2,1-3H3,(H,15,17). The molecule has 2 atom stereocenters. The van der Waals surface area contributed by atoms with Crippen molar-refractivity contribution in [1.82, 2.24) is 15.5 Å². The minimum atomic E-state index is 0.138. The zero-order valence-electron chi connectivity index (χ0n) is 11.7. The van der Waals surface area contributed by atoms with E-state index in [1.165, 1.54) is 12.2 Å². The Hall–Kier alpha value is -0.260. The molecule has 0 aliphatic carbocycles. The molecule has 2 aliphatic heterocycles. The van der Waals surface area contributed by atoms with E-state index in [9.17, 15) is 4.79 Å². The summed E-state index contributed by atoms with van der Waals surface area (Å²) in [6.07, 6.45) is 1.17. The van der Waals surface area contributed by atoms with Crippen molar-refractivity contribution < 1.29 is 4.79 Å². The van der Waals surface area contributed by atoms with Crippen molar-refractivity contribution in [2.24, 2.45) is 11.8 Å². The molecule has 0 aromatic carbocycles. The number of nitrogens with zero attached hydrogens (tertiary/aromatic N) is 1. The van der Waals surface area contributed by atoms with Crippen molar-refractivity contribution in [3.63, 3.8) is 0 Å². The van der Waals surface area contributed by atoms with Gasteiger partial charge in [-0.3, -0.25) is 4.79 Å². The Balaban J connectivity index is 1.83. The summed E-state index contributed by atoms with van der Waals surface area (Å²) in [6, 6.07) is 0. The molecule has 18 heavy (non-hydrogen) atoms. The van der Waals surface area contributed by atoms with Gasteiger partial charge in [-0.25, -0.2) is 0 Å². The number of hydrogen-bond acceptors (Lipinski definition) is 4. The van der Waals surface area contributed by atoms with Gasteiger partial charge in [0, 0.05) is 23.8 Å². The summed E-state index contributed by atoms with van der Waals surface area (Å²) in [4.78, 5) is 14.4. The van der Waals surface area contributed by atoms with Gasteiger partial charge in [-0.2, -0.15) is 11.8 Å². The summed E-state index contributed by atoms with van der Waals surface area (Å²) >= 11 is 1.99. The predicted octanol–water partition coefficient (Wildman–Crippen LogP) is 0.395. The van der Waals surface area contributed by atoms with Gasteiger partial charge < -0.3 is 15.5 Å². The van der Waals surface area contributed by atoms with E-state index < -0.39 is 0 Å². The zero-order valence-corrected chi connectivity index (χ0v) is 12.5. The highest BCUT2D eigenvalue weighted by Crippen LogP contribution is 2.31. The first-order chi connectivity index (χ1) is 8.55. The molecule has 0 bridgehead atoms. The minimum Gasteiger partial charge on any atom is -0.354 e. The van der Waals surface area contributed by atoms with Crippen LogP contribution in [-0.4, -0.2) is 61.6 Å². The number of rotatable bonds is 5. The molecule has 0 saturated carbocycles. The number of likely N-dealkylation sites (N-methyl/N-ethyl adjacent to an activating group) is 1. The van der Waals surface area contributed by atoms with Gasteiger partial charge in [-0.15, -0.1) is 0 Å². The third-order valence-corrected chi connectivity index (χ3v) is 5.79. The largest absolute Gasteiger partial charge is 0.354 e. The van der Waals surface area contributed by atoms with E-state index in [0.717, 1.165) is 25.4 Å². The Bertz CT molecular complexity index is 299. The number of nitrogens with one attached hydrogen (secondary N) is 2. The number of carbonyl (C=O) groups is 1. The highest BCUT2D eigenvalue weighted by molar-refractivity contribution is 7.99. The first kappa shape index (κ1) is 14.2. The van der Waals surface area contributed by atoms with Gasteiger partial charge in [0.25, 0.3) is 0 Å². The third-order valence-electron chi connectivity index (χ3n) is 4.56. The van der Waals surface area contributed by atoms with Crippen molar-refractivity contribution in [3.8, 4) is 0 Å². The summed E-state index contributed by atoms with van der Waals surface area (Å²) in [6.45, 7) is 4.81. The Morgan fingerprint density at radius 1 is 1.56 bits per heavy atom. The molecule has 0 radical (unpaired) electrons. The summed E-state index contributed by atoms with van der Waals surface area (Å²) < 4.78 is 0. The molecule has 104 valence electrons. The second-order valence-corrected chi connectivity index (χ2v) is 6.95. The van der Waals surface area contributed by atoms with Crippen molar-refractivity contribution >= 4 is 17.7 Å². The van der Waals surface area contributed by atoms with E-state index >= 15 is 0 Å². The smallest absolute Gasteiger partial charge is 0.223 e. The molecule has 2 aliphatic rings. The van der Waals surface area contributed by atoms with Crippen LogP contribution in [0.4, 0.5) is 0 Å².